The summed E-state index contributed by atoms with van der Waals surface area (Å²) in [5.74, 6) is 1.69. The van der Waals surface area contributed by atoms with Crippen molar-refractivity contribution in [3.8, 4) is 11.4 Å². The minimum atomic E-state index is -0.259. The van der Waals surface area contributed by atoms with E-state index < -0.39 is 0 Å². The summed E-state index contributed by atoms with van der Waals surface area (Å²) in [6.45, 7) is 5.10. The molecule has 0 fully saturated rings. The standard InChI is InChI=1S/C22H21N5O3S/c1-13-25-20(26-30-13)15-4-3-14-5-6-23-21(17(14)9-15)24-7-8-27-11-16-10-18(22(28)29-2)31-19(16)12-27/h3-6,9-10H,7-8,11-12H2,1-2H3,(H,23,24). The summed E-state index contributed by atoms with van der Waals surface area (Å²) in [6, 6.07) is 10.0. The van der Waals surface area contributed by atoms with Gasteiger partial charge < -0.3 is 14.6 Å². The number of carbonyl (C=O) groups excluding carboxylic acids is 1. The van der Waals surface area contributed by atoms with E-state index >= 15 is 0 Å². The zero-order valence-electron chi connectivity index (χ0n) is 17.2. The van der Waals surface area contributed by atoms with Crippen LogP contribution < -0.4 is 5.32 Å². The maximum atomic E-state index is 11.7. The van der Waals surface area contributed by atoms with Crippen LogP contribution in [0, 0.1) is 6.92 Å². The first kappa shape index (κ1) is 19.7. The molecular weight excluding hydrogens is 414 g/mol. The van der Waals surface area contributed by atoms with E-state index in [0.717, 1.165) is 48.3 Å². The maximum absolute atomic E-state index is 11.7. The fraction of sp³-hybridized carbons (Fsp3) is 0.273. The Hall–Kier alpha value is -3.30. The summed E-state index contributed by atoms with van der Waals surface area (Å²) in [6.07, 6.45) is 1.81. The number of thiophene rings is 1. The highest BCUT2D eigenvalue weighted by Gasteiger charge is 2.24. The molecule has 9 heteroatoms. The van der Waals surface area contributed by atoms with E-state index in [9.17, 15) is 4.79 Å². The van der Waals surface area contributed by atoms with Gasteiger partial charge in [-0.3, -0.25) is 4.90 Å². The average molecular weight is 436 g/mol. The van der Waals surface area contributed by atoms with Crippen LogP contribution in [0.15, 0.2) is 41.1 Å². The Kier molecular flexibility index (Phi) is 5.13. The van der Waals surface area contributed by atoms with Gasteiger partial charge in [0.25, 0.3) is 0 Å². The first-order chi connectivity index (χ1) is 15.1. The van der Waals surface area contributed by atoms with E-state index in [1.165, 1.54) is 28.9 Å². The molecular formula is C22H21N5O3S. The number of esters is 1. The van der Waals surface area contributed by atoms with E-state index in [1.54, 1.807) is 6.92 Å². The number of ether oxygens (including phenoxy) is 1. The lowest BCUT2D eigenvalue weighted by molar-refractivity contribution is 0.0606. The van der Waals surface area contributed by atoms with Crippen molar-refractivity contribution >= 4 is 33.9 Å². The molecule has 8 nitrogen and oxygen atoms in total. The first-order valence-corrected chi connectivity index (χ1v) is 10.8. The number of anilines is 1. The third-order valence-electron chi connectivity index (χ3n) is 5.32. The molecule has 158 valence electrons. The van der Waals surface area contributed by atoms with Crippen LogP contribution in [0.3, 0.4) is 0 Å². The normalized spacial score (nSPS) is 13.5. The number of benzene rings is 1. The first-order valence-electron chi connectivity index (χ1n) is 9.96. The summed E-state index contributed by atoms with van der Waals surface area (Å²) in [5.41, 5.74) is 2.11. The van der Waals surface area contributed by atoms with Gasteiger partial charge in [0, 0.05) is 55.1 Å². The minimum absolute atomic E-state index is 0.259. The zero-order chi connectivity index (χ0) is 21.4. The molecule has 0 bridgehead atoms. The number of rotatable bonds is 6. The molecule has 4 heterocycles. The van der Waals surface area contributed by atoms with Crippen LogP contribution in [0.4, 0.5) is 5.82 Å². The molecule has 0 aliphatic carbocycles. The molecule has 1 aliphatic heterocycles. The molecule has 0 spiro atoms. The Morgan fingerprint density at radius 2 is 2.19 bits per heavy atom. The Morgan fingerprint density at radius 1 is 1.29 bits per heavy atom. The topological polar surface area (TPSA) is 93.4 Å². The molecule has 0 radical (unpaired) electrons. The lowest BCUT2D eigenvalue weighted by Gasteiger charge is -2.16. The third kappa shape index (κ3) is 3.89. The van der Waals surface area contributed by atoms with Crippen LogP contribution in [-0.2, 0) is 17.8 Å². The fourth-order valence-electron chi connectivity index (χ4n) is 3.79. The number of fused-ring (bicyclic) bond motifs is 2. The van der Waals surface area contributed by atoms with Gasteiger partial charge in [-0.25, -0.2) is 9.78 Å². The van der Waals surface area contributed by atoms with E-state index in [1.807, 2.05) is 36.5 Å². The predicted molar refractivity (Wildman–Crippen MR) is 118 cm³/mol. The van der Waals surface area contributed by atoms with Crippen LogP contribution in [0.2, 0.25) is 0 Å². The van der Waals surface area contributed by atoms with Crippen LogP contribution in [-0.4, -0.2) is 46.2 Å². The second-order valence-corrected chi connectivity index (χ2v) is 8.56. The van der Waals surface area contributed by atoms with E-state index in [2.05, 4.69) is 25.3 Å². The predicted octanol–water partition coefficient (Wildman–Crippen LogP) is 3.87. The van der Waals surface area contributed by atoms with Crippen molar-refractivity contribution in [2.45, 2.75) is 20.0 Å². The van der Waals surface area contributed by atoms with Crippen molar-refractivity contribution in [2.75, 3.05) is 25.5 Å². The summed E-state index contributed by atoms with van der Waals surface area (Å²) in [4.78, 5) is 24.8. The third-order valence-corrected chi connectivity index (χ3v) is 6.46. The lowest BCUT2D eigenvalue weighted by atomic mass is 10.1. The molecule has 1 aliphatic rings. The van der Waals surface area contributed by atoms with Gasteiger partial charge in [-0.15, -0.1) is 11.3 Å². The van der Waals surface area contributed by atoms with Gasteiger partial charge in [0.05, 0.1) is 7.11 Å². The number of nitrogens with one attached hydrogen (secondary N) is 1. The average Bonchev–Trinajstić information content (AvgIpc) is 3.48. The number of aromatic nitrogens is 3. The molecule has 1 N–H and O–H groups in total. The molecule has 0 unspecified atom stereocenters. The molecule has 0 saturated heterocycles. The highest BCUT2D eigenvalue weighted by atomic mass is 32.1. The van der Waals surface area contributed by atoms with Gasteiger partial charge in [0.15, 0.2) is 0 Å². The number of hydrogen-bond acceptors (Lipinski definition) is 9. The number of pyridine rings is 1. The van der Waals surface area contributed by atoms with E-state index in [4.69, 9.17) is 9.26 Å². The maximum Gasteiger partial charge on any atom is 0.348 e. The molecule has 31 heavy (non-hydrogen) atoms. The molecule has 4 aromatic rings. The number of carbonyl (C=O) groups is 1. The highest BCUT2D eigenvalue weighted by Crippen LogP contribution is 2.31. The minimum Gasteiger partial charge on any atom is -0.465 e. The van der Waals surface area contributed by atoms with Gasteiger partial charge in [0.1, 0.15) is 10.7 Å². The van der Waals surface area contributed by atoms with Gasteiger partial charge in [-0.2, -0.15) is 4.98 Å². The summed E-state index contributed by atoms with van der Waals surface area (Å²) >= 11 is 1.52. The largest absolute Gasteiger partial charge is 0.465 e. The Morgan fingerprint density at radius 3 is 2.97 bits per heavy atom. The number of nitrogens with zero attached hydrogens (tertiary/aromatic N) is 4. The molecule has 0 saturated carbocycles. The van der Waals surface area contributed by atoms with Crippen molar-refractivity contribution in [1.29, 1.82) is 0 Å². The number of hydrogen-bond donors (Lipinski definition) is 1. The van der Waals surface area contributed by atoms with Gasteiger partial charge in [0.2, 0.25) is 11.7 Å². The highest BCUT2D eigenvalue weighted by molar-refractivity contribution is 7.14. The van der Waals surface area contributed by atoms with Crippen LogP contribution in [0.1, 0.15) is 26.0 Å². The van der Waals surface area contributed by atoms with E-state index in [-0.39, 0.29) is 5.97 Å². The molecule has 0 amide bonds. The molecule has 1 aromatic carbocycles. The second-order valence-electron chi connectivity index (χ2n) is 7.42. The number of aryl methyl sites for hydroxylation is 1. The monoisotopic (exact) mass is 435 g/mol. The summed E-state index contributed by atoms with van der Waals surface area (Å²) < 4.78 is 9.92. The van der Waals surface area contributed by atoms with E-state index in [0.29, 0.717) is 16.6 Å². The Labute approximate surface area is 182 Å². The quantitative estimate of drug-likeness (QED) is 0.456. The second kappa shape index (κ2) is 8.09. The Bertz CT molecular complexity index is 1240. The summed E-state index contributed by atoms with van der Waals surface area (Å²) in [7, 11) is 1.42. The molecule has 0 atom stereocenters. The van der Waals surface area contributed by atoms with Crippen molar-refractivity contribution in [3.05, 3.63) is 57.7 Å². The fourth-order valence-corrected chi connectivity index (χ4v) is 4.93. The Balaban J connectivity index is 1.25. The van der Waals surface area contributed by atoms with Crippen LogP contribution >= 0.6 is 11.3 Å². The van der Waals surface area contributed by atoms with Gasteiger partial charge in [-0.05, 0) is 29.1 Å². The van der Waals surface area contributed by atoms with Crippen molar-refractivity contribution in [2.24, 2.45) is 0 Å². The van der Waals surface area contributed by atoms with Gasteiger partial charge in [-0.1, -0.05) is 17.3 Å². The molecule has 3 aromatic heterocycles. The number of methoxy groups -OCH3 is 1. The summed E-state index contributed by atoms with van der Waals surface area (Å²) in [5, 5.41) is 9.60. The van der Waals surface area contributed by atoms with Crippen LogP contribution in [0.5, 0.6) is 0 Å². The SMILES string of the molecule is COC(=O)c1cc2c(s1)CN(CCNc1nccc3ccc(-c4noc(C)n4)cc13)C2. The smallest absolute Gasteiger partial charge is 0.348 e. The van der Waals surface area contributed by atoms with Crippen LogP contribution in [0.25, 0.3) is 22.2 Å². The van der Waals surface area contributed by atoms with Gasteiger partial charge >= 0.3 is 5.97 Å². The van der Waals surface area contributed by atoms with Crippen molar-refractivity contribution in [3.63, 3.8) is 0 Å². The van der Waals surface area contributed by atoms with Crippen molar-refractivity contribution < 1.29 is 14.1 Å². The van der Waals surface area contributed by atoms with Crippen molar-refractivity contribution in [1.82, 2.24) is 20.0 Å². The molecule has 5 rings (SSSR count). The lowest BCUT2D eigenvalue weighted by Crippen LogP contribution is -2.24. The zero-order valence-corrected chi connectivity index (χ0v) is 18.0.